The molecule has 1 heterocycles. The standard InChI is InChI=1S/C8H13NO5S/c10-3-6(11)4-15-5-7(12)9-1-2-14-8(9)13/h6,10-11H,1-5H2. The van der Waals surface area contributed by atoms with Gasteiger partial charge in [0.2, 0.25) is 5.91 Å². The van der Waals surface area contributed by atoms with Crippen molar-refractivity contribution in [2.24, 2.45) is 0 Å². The molecule has 1 unspecified atom stereocenters. The number of thioether (sulfide) groups is 1. The molecule has 1 aliphatic heterocycles. The third-order valence-corrected chi connectivity index (χ3v) is 2.88. The summed E-state index contributed by atoms with van der Waals surface area (Å²) in [7, 11) is 0. The molecular weight excluding hydrogens is 222 g/mol. The lowest BCUT2D eigenvalue weighted by molar-refractivity contribution is -0.125. The van der Waals surface area contributed by atoms with Crippen molar-refractivity contribution in [2.45, 2.75) is 6.10 Å². The first kappa shape index (κ1) is 12.3. The van der Waals surface area contributed by atoms with Crippen LogP contribution in [0.15, 0.2) is 0 Å². The van der Waals surface area contributed by atoms with Crippen LogP contribution in [0.1, 0.15) is 0 Å². The number of imide groups is 1. The number of cyclic esters (lactones) is 1. The number of carbonyl (C=O) groups excluding carboxylic acids is 2. The van der Waals surface area contributed by atoms with Crippen molar-refractivity contribution >= 4 is 23.8 Å². The number of aliphatic hydroxyl groups is 2. The van der Waals surface area contributed by atoms with E-state index in [2.05, 4.69) is 4.74 Å². The number of hydrogen-bond donors (Lipinski definition) is 2. The summed E-state index contributed by atoms with van der Waals surface area (Å²) < 4.78 is 4.60. The summed E-state index contributed by atoms with van der Waals surface area (Å²) in [6, 6.07) is 0. The van der Waals surface area contributed by atoms with Crippen LogP contribution in [0.3, 0.4) is 0 Å². The molecule has 1 fully saturated rings. The molecule has 0 aromatic rings. The molecule has 2 N–H and O–H groups in total. The molecule has 6 nitrogen and oxygen atoms in total. The van der Waals surface area contributed by atoms with Gasteiger partial charge in [-0.3, -0.25) is 4.79 Å². The number of rotatable bonds is 5. The van der Waals surface area contributed by atoms with E-state index in [0.29, 0.717) is 6.54 Å². The zero-order valence-electron chi connectivity index (χ0n) is 8.09. The van der Waals surface area contributed by atoms with Crippen LogP contribution in [0.2, 0.25) is 0 Å². The summed E-state index contributed by atoms with van der Waals surface area (Å²) >= 11 is 1.17. The highest BCUT2D eigenvalue weighted by Crippen LogP contribution is 2.09. The SMILES string of the molecule is O=C(CSCC(O)CO)N1CCOC1=O. The van der Waals surface area contributed by atoms with E-state index < -0.39 is 12.2 Å². The first-order valence-corrected chi connectivity index (χ1v) is 5.64. The van der Waals surface area contributed by atoms with Crippen LogP contribution in [0.5, 0.6) is 0 Å². The Kier molecular flexibility index (Phi) is 4.86. The van der Waals surface area contributed by atoms with Gasteiger partial charge in [-0.25, -0.2) is 9.69 Å². The number of nitrogens with zero attached hydrogens (tertiary/aromatic N) is 1. The minimum absolute atomic E-state index is 0.103. The van der Waals surface area contributed by atoms with Gasteiger partial charge in [0.25, 0.3) is 0 Å². The molecule has 7 heteroatoms. The zero-order chi connectivity index (χ0) is 11.3. The van der Waals surface area contributed by atoms with E-state index in [-0.39, 0.29) is 30.6 Å². The van der Waals surface area contributed by atoms with Crippen LogP contribution in [0.4, 0.5) is 4.79 Å². The highest BCUT2D eigenvalue weighted by molar-refractivity contribution is 7.99. The van der Waals surface area contributed by atoms with E-state index in [1.165, 1.54) is 11.8 Å². The first-order chi connectivity index (χ1) is 7.15. The van der Waals surface area contributed by atoms with Crippen molar-refractivity contribution in [1.29, 1.82) is 0 Å². The van der Waals surface area contributed by atoms with E-state index in [0.717, 1.165) is 4.90 Å². The lowest BCUT2D eigenvalue weighted by Crippen LogP contribution is -2.33. The predicted molar refractivity (Wildman–Crippen MR) is 53.5 cm³/mol. The Morgan fingerprint density at radius 1 is 1.67 bits per heavy atom. The Morgan fingerprint density at radius 2 is 2.40 bits per heavy atom. The molecular formula is C8H13NO5S. The molecule has 86 valence electrons. The number of hydrogen-bond acceptors (Lipinski definition) is 6. The van der Waals surface area contributed by atoms with Crippen molar-refractivity contribution in [3.8, 4) is 0 Å². The second kappa shape index (κ2) is 5.94. The van der Waals surface area contributed by atoms with Crippen molar-refractivity contribution < 1.29 is 24.5 Å². The Hall–Kier alpha value is -0.790. The smallest absolute Gasteiger partial charge is 0.416 e. The fourth-order valence-electron chi connectivity index (χ4n) is 1.03. The molecule has 0 aliphatic carbocycles. The van der Waals surface area contributed by atoms with Gasteiger partial charge in [0, 0.05) is 5.75 Å². The van der Waals surface area contributed by atoms with Crippen molar-refractivity contribution in [2.75, 3.05) is 31.3 Å². The maximum absolute atomic E-state index is 11.4. The quantitative estimate of drug-likeness (QED) is 0.639. The van der Waals surface area contributed by atoms with E-state index >= 15 is 0 Å². The molecule has 0 radical (unpaired) electrons. The molecule has 0 spiro atoms. The Morgan fingerprint density at radius 3 is 2.93 bits per heavy atom. The number of amides is 2. The van der Waals surface area contributed by atoms with E-state index in [4.69, 9.17) is 10.2 Å². The second-order valence-corrected chi connectivity index (χ2v) is 4.04. The van der Waals surface area contributed by atoms with Gasteiger partial charge in [0.1, 0.15) is 6.61 Å². The van der Waals surface area contributed by atoms with Gasteiger partial charge in [-0.2, -0.15) is 0 Å². The highest BCUT2D eigenvalue weighted by Gasteiger charge is 2.27. The van der Waals surface area contributed by atoms with Crippen LogP contribution in [-0.4, -0.2) is 64.5 Å². The van der Waals surface area contributed by atoms with Gasteiger partial charge in [0.05, 0.1) is 25.0 Å². The molecule has 1 atom stereocenters. The summed E-state index contributed by atoms with van der Waals surface area (Å²) in [5.41, 5.74) is 0. The minimum Gasteiger partial charge on any atom is -0.447 e. The van der Waals surface area contributed by atoms with Crippen LogP contribution in [-0.2, 0) is 9.53 Å². The average molecular weight is 235 g/mol. The highest BCUT2D eigenvalue weighted by atomic mass is 32.2. The molecule has 0 bridgehead atoms. The van der Waals surface area contributed by atoms with Gasteiger partial charge in [-0.15, -0.1) is 11.8 Å². The normalized spacial score (nSPS) is 17.7. The zero-order valence-corrected chi connectivity index (χ0v) is 8.90. The molecule has 2 amide bonds. The minimum atomic E-state index is -0.826. The summed E-state index contributed by atoms with van der Waals surface area (Å²) in [5.74, 6) is 0.0460. The van der Waals surface area contributed by atoms with Gasteiger partial charge in [0.15, 0.2) is 0 Å². The fraction of sp³-hybridized carbons (Fsp3) is 0.750. The molecule has 0 aromatic carbocycles. The molecule has 15 heavy (non-hydrogen) atoms. The van der Waals surface area contributed by atoms with Crippen molar-refractivity contribution in [1.82, 2.24) is 4.90 Å². The summed E-state index contributed by atoms with van der Waals surface area (Å²) in [6.45, 7) is 0.211. The number of carbonyl (C=O) groups is 2. The Balaban J connectivity index is 2.21. The van der Waals surface area contributed by atoms with Gasteiger partial charge >= 0.3 is 6.09 Å². The van der Waals surface area contributed by atoms with Crippen molar-refractivity contribution in [3.63, 3.8) is 0 Å². The molecule has 1 aliphatic rings. The summed E-state index contributed by atoms with van der Waals surface area (Å²) in [4.78, 5) is 23.4. The van der Waals surface area contributed by atoms with Gasteiger partial charge in [-0.1, -0.05) is 0 Å². The maximum atomic E-state index is 11.4. The van der Waals surface area contributed by atoms with E-state index in [1.807, 2.05) is 0 Å². The first-order valence-electron chi connectivity index (χ1n) is 4.49. The largest absolute Gasteiger partial charge is 0.447 e. The lowest BCUT2D eigenvalue weighted by atomic mass is 10.4. The monoisotopic (exact) mass is 235 g/mol. The topological polar surface area (TPSA) is 87.1 Å². The number of aliphatic hydroxyl groups excluding tert-OH is 2. The van der Waals surface area contributed by atoms with E-state index in [1.54, 1.807) is 0 Å². The van der Waals surface area contributed by atoms with Crippen molar-refractivity contribution in [3.05, 3.63) is 0 Å². The molecule has 1 rings (SSSR count). The molecule has 0 saturated carbocycles. The van der Waals surface area contributed by atoms with Gasteiger partial charge < -0.3 is 14.9 Å². The Bertz CT molecular complexity index is 247. The van der Waals surface area contributed by atoms with Crippen LogP contribution >= 0.6 is 11.8 Å². The molecule has 1 saturated heterocycles. The third-order valence-electron chi connectivity index (χ3n) is 1.81. The summed E-state index contributed by atoms with van der Waals surface area (Å²) in [5, 5.41) is 17.5. The summed E-state index contributed by atoms with van der Waals surface area (Å²) in [6.07, 6.45) is -1.43. The number of ether oxygens (including phenoxy) is 1. The molecule has 0 aromatic heterocycles. The second-order valence-electron chi connectivity index (χ2n) is 3.01. The average Bonchev–Trinajstić information content (AvgIpc) is 2.64. The maximum Gasteiger partial charge on any atom is 0.416 e. The Labute approximate surface area is 91.2 Å². The fourth-order valence-corrected chi connectivity index (χ4v) is 1.86. The van der Waals surface area contributed by atoms with Crippen LogP contribution in [0.25, 0.3) is 0 Å². The predicted octanol–water partition coefficient (Wildman–Crippen LogP) is -0.948. The third kappa shape index (κ3) is 3.69. The van der Waals surface area contributed by atoms with Crippen LogP contribution < -0.4 is 0 Å². The van der Waals surface area contributed by atoms with E-state index in [9.17, 15) is 9.59 Å². The van der Waals surface area contributed by atoms with Gasteiger partial charge in [-0.05, 0) is 0 Å². The lowest BCUT2D eigenvalue weighted by Gasteiger charge is -2.11. The van der Waals surface area contributed by atoms with Crippen LogP contribution in [0, 0.1) is 0 Å².